The normalized spacial score (nSPS) is 28.2. The summed E-state index contributed by atoms with van der Waals surface area (Å²) in [5.74, 6) is 0. The van der Waals surface area contributed by atoms with Crippen LogP contribution in [0.15, 0.2) is 12.2 Å². The second-order valence-electron chi connectivity index (χ2n) is 4.50. The van der Waals surface area contributed by atoms with Crippen LogP contribution in [0.5, 0.6) is 0 Å². The van der Waals surface area contributed by atoms with Gasteiger partial charge in [0.15, 0.2) is 0 Å². The Morgan fingerprint density at radius 2 is 2.25 bits per heavy atom. The molecule has 0 bridgehead atoms. The average Bonchev–Trinajstić information content (AvgIpc) is 2.16. The molecule has 2 atom stereocenters. The van der Waals surface area contributed by atoms with Gasteiger partial charge >= 0.3 is 0 Å². The van der Waals surface area contributed by atoms with Gasteiger partial charge < -0.3 is 11.1 Å². The number of allylic oxidation sites excluding steroid dienone is 1. The molecule has 0 fully saturated rings. The molecule has 16 heavy (non-hydrogen) atoms. The van der Waals surface area contributed by atoms with Gasteiger partial charge in [0.25, 0.3) is 5.24 Å². The van der Waals surface area contributed by atoms with Crippen LogP contribution in [0.1, 0.15) is 39.5 Å². The topological polar surface area (TPSA) is 55.1 Å². The number of carbonyl (C=O) groups is 1. The minimum absolute atomic E-state index is 0.000880. The van der Waals surface area contributed by atoms with Crippen molar-refractivity contribution >= 4 is 17.0 Å². The summed E-state index contributed by atoms with van der Waals surface area (Å²) < 4.78 is 0. The number of nitrogens with two attached hydrogens (primary N) is 1. The van der Waals surface area contributed by atoms with E-state index in [9.17, 15) is 4.79 Å². The molecule has 0 aromatic heterocycles. The van der Waals surface area contributed by atoms with E-state index in [4.69, 9.17) is 5.73 Å². The Morgan fingerprint density at radius 3 is 2.94 bits per heavy atom. The lowest BCUT2D eigenvalue weighted by molar-refractivity contribution is 0.257. The first-order chi connectivity index (χ1) is 7.59. The van der Waals surface area contributed by atoms with Crippen molar-refractivity contribution in [2.24, 2.45) is 5.73 Å². The first kappa shape index (κ1) is 13.6. The summed E-state index contributed by atoms with van der Waals surface area (Å²) in [7, 11) is 0. The number of thioether (sulfide) groups is 1. The van der Waals surface area contributed by atoms with Crippen LogP contribution in [0.3, 0.4) is 0 Å². The summed E-state index contributed by atoms with van der Waals surface area (Å²) in [6.45, 7) is 4.02. The lowest BCUT2D eigenvalue weighted by Gasteiger charge is -2.23. The first-order valence-corrected chi connectivity index (χ1v) is 6.87. The Labute approximate surface area is 102 Å². The minimum Gasteiger partial charge on any atom is -0.339 e. The van der Waals surface area contributed by atoms with Gasteiger partial charge in [-0.15, -0.1) is 0 Å². The summed E-state index contributed by atoms with van der Waals surface area (Å²) in [6, 6.07) is 0.0484. The zero-order chi connectivity index (χ0) is 12.0. The first-order valence-electron chi connectivity index (χ1n) is 5.99. The molecule has 0 saturated carbocycles. The Balaban J connectivity index is 2.48. The van der Waals surface area contributed by atoms with Crippen molar-refractivity contribution in [1.82, 2.24) is 5.32 Å². The second kappa shape index (κ2) is 6.97. The number of hydrogen-bond acceptors (Lipinski definition) is 3. The van der Waals surface area contributed by atoms with Crippen molar-refractivity contribution in [2.45, 2.75) is 56.9 Å². The van der Waals surface area contributed by atoms with Crippen LogP contribution in [0.4, 0.5) is 4.79 Å². The van der Waals surface area contributed by atoms with Crippen LogP contribution >= 0.6 is 11.8 Å². The molecule has 0 aromatic carbocycles. The van der Waals surface area contributed by atoms with E-state index in [0.29, 0.717) is 5.25 Å². The molecule has 1 unspecified atom stereocenters. The van der Waals surface area contributed by atoms with Crippen molar-refractivity contribution in [3.05, 3.63) is 12.2 Å². The number of hydrogen-bond donors (Lipinski definition) is 2. The van der Waals surface area contributed by atoms with Crippen molar-refractivity contribution in [2.75, 3.05) is 0 Å². The van der Waals surface area contributed by atoms with E-state index in [0.717, 1.165) is 19.3 Å². The van der Waals surface area contributed by atoms with Gasteiger partial charge in [-0.25, -0.2) is 0 Å². The molecule has 0 radical (unpaired) electrons. The standard InChI is InChI=1S/C12H22N2OS/c1-9(2)16-12(15)14-11-8-6-4-3-5-7-10(11)13/h6,8-11H,3-5,7,13H2,1-2H3,(H,14,15)/b8-6+/t10-,11?/m1/s1. The summed E-state index contributed by atoms with van der Waals surface area (Å²) in [5, 5.41) is 3.32. The van der Waals surface area contributed by atoms with Crippen LogP contribution in [-0.4, -0.2) is 22.6 Å². The van der Waals surface area contributed by atoms with Gasteiger partial charge in [0, 0.05) is 11.3 Å². The third-order valence-electron chi connectivity index (χ3n) is 2.59. The van der Waals surface area contributed by atoms with Crippen LogP contribution < -0.4 is 11.1 Å². The Kier molecular flexibility index (Phi) is 5.91. The third-order valence-corrected chi connectivity index (χ3v) is 3.39. The molecule has 1 rings (SSSR count). The molecule has 3 N–H and O–H groups in total. The third kappa shape index (κ3) is 5.03. The fourth-order valence-corrected chi connectivity index (χ4v) is 2.38. The fraction of sp³-hybridized carbons (Fsp3) is 0.750. The highest BCUT2D eigenvalue weighted by Gasteiger charge is 2.18. The highest BCUT2D eigenvalue weighted by molar-refractivity contribution is 8.14. The average molecular weight is 242 g/mol. The van der Waals surface area contributed by atoms with E-state index >= 15 is 0 Å². The molecule has 0 spiro atoms. The van der Waals surface area contributed by atoms with Gasteiger partial charge in [0.05, 0.1) is 6.04 Å². The maximum absolute atomic E-state index is 11.6. The summed E-state index contributed by atoms with van der Waals surface area (Å²) in [6.07, 6.45) is 8.60. The van der Waals surface area contributed by atoms with E-state index in [-0.39, 0.29) is 17.3 Å². The van der Waals surface area contributed by atoms with E-state index in [1.165, 1.54) is 18.2 Å². The molecule has 1 aliphatic carbocycles. The van der Waals surface area contributed by atoms with Crippen LogP contribution in [0.25, 0.3) is 0 Å². The maximum Gasteiger partial charge on any atom is 0.279 e. The lowest BCUT2D eigenvalue weighted by atomic mass is 9.98. The predicted molar refractivity (Wildman–Crippen MR) is 70.6 cm³/mol. The maximum atomic E-state index is 11.6. The Bertz CT molecular complexity index is 253. The minimum atomic E-state index is -0.000880. The zero-order valence-electron chi connectivity index (χ0n) is 10.1. The van der Waals surface area contributed by atoms with Crippen molar-refractivity contribution < 1.29 is 4.79 Å². The SMILES string of the molecule is CC(C)SC(=O)NC1/C=C/CCCC[C@H]1N. The number of carbonyl (C=O) groups excluding carboxylic acids is 1. The van der Waals surface area contributed by atoms with Crippen LogP contribution in [-0.2, 0) is 0 Å². The van der Waals surface area contributed by atoms with Gasteiger partial charge in [-0.3, -0.25) is 4.79 Å². The summed E-state index contributed by atoms with van der Waals surface area (Å²) >= 11 is 1.32. The molecular weight excluding hydrogens is 220 g/mol. The number of amides is 1. The smallest absolute Gasteiger partial charge is 0.279 e. The van der Waals surface area contributed by atoms with Crippen LogP contribution in [0, 0.1) is 0 Å². The highest BCUT2D eigenvalue weighted by atomic mass is 32.2. The van der Waals surface area contributed by atoms with Crippen molar-refractivity contribution in [3.63, 3.8) is 0 Å². The van der Waals surface area contributed by atoms with Gasteiger partial charge in [-0.05, 0) is 19.3 Å². The Hall–Kier alpha value is -0.480. The van der Waals surface area contributed by atoms with Gasteiger partial charge in [-0.1, -0.05) is 44.2 Å². The number of rotatable bonds is 2. The van der Waals surface area contributed by atoms with Gasteiger partial charge in [0.2, 0.25) is 0 Å². The molecule has 0 aromatic rings. The molecule has 4 heteroatoms. The van der Waals surface area contributed by atoms with Crippen molar-refractivity contribution in [1.29, 1.82) is 0 Å². The molecule has 3 nitrogen and oxygen atoms in total. The molecular formula is C12H22N2OS. The summed E-state index contributed by atoms with van der Waals surface area (Å²) in [4.78, 5) is 11.6. The largest absolute Gasteiger partial charge is 0.339 e. The molecule has 0 aliphatic heterocycles. The van der Waals surface area contributed by atoms with Gasteiger partial charge in [0.1, 0.15) is 0 Å². The monoisotopic (exact) mass is 242 g/mol. The molecule has 1 aliphatic rings. The molecule has 0 saturated heterocycles. The number of nitrogens with one attached hydrogen (secondary N) is 1. The van der Waals surface area contributed by atoms with Crippen molar-refractivity contribution in [3.8, 4) is 0 Å². The van der Waals surface area contributed by atoms with Gasteiger partial charge in [-0.2, -0.15) is 0 Å². The van der Waals surface area contributed by atoms with E-state index in [2.05, 4.69) is 11.4 Å². The van der Waals surface area contributed by atoms with E-state index in [1.807, 2.05) is 19.9 Å². The predicted octanol–water partition coefficient (Wildman–Crippen LogP) is 2.66. The Morgan fingerprint density at radius 1 is 1.50 bits per heavy atom. The van der Waals surface area contributed by atoms with E-state index < -0.39 is 0 Å². The second-order valence-corrected chi connectivity index (χ2v) is 6.05. The molecule has 0 heterocycles. The molecule has 92 valence electrons. The fourth-order valence-electron chi connectivity index (χ4n) is 1.75. The van der Waals surface area contributed by atoms with E-state index in [1.54, 1.807) is 0 Å². The quantitative estimate of drug-likeness (QED) is 0.732. The summed E-state index contributed by atoms with van der Waals surface area (Å²) in [5.41, 5.74) is 6.05. The zero-order valence-corrected chi connectivity index (χ0v) is 10.9. The highest BCUT2D eigenvalue weighted by Crippen LogP contribution is 2.14. The van der Waals surface area contributed by atoms with Crippen LogP contribution in [0.2, 0.25) is 0 Å². The lowest BCUT2D eigenvalue weighted by Crippen LogP contribution is -2.45. The molecule has 1 amide bonds.